The summed E-state index contributed by atoms with van der Waals surface area (Å²) < 4.78 is 5.29. The highest BCUT2D eigenvalue weighted by Crippen LogP contribution is 2.24. The van der Waals surface area contributed by atoms with Crippen molar-refractivity contribution in [2.45, 2.75) is 18.8 Å². The molecule has 4 nitrogen and oxygen atoms in total. The first-order valence-electron chi connectivity index (χ1n) is 5.40. The van der Waals surface area contributed by atoms with E-state index in [4.69, 9.17) is 9.52 Å². The number of aromatic nitrogens is 1. The first-order chi connectivity index (χ1) is 8.25. The van der Waals surface area contributed by atoms with Crippen molar-refractivity contribution in [3.63, 3.8) is 0 Å². The summed E-state index contributed by atoms with van der Waals surface area (Å²) in [6, 6.07) is 7.36. The van der Waals surface area contributed by atoms with Gasteiger partial charge in [0.25, 0.3) is 0 Å². The normalized spacial score (nSPS) is 12.2. The predicted octanol–water partition coefficient (Wildman–Crippen LogP) is 2.48. The predicted molar refractivity (Wildman–Crippen MR) is 61.6 cm³/mol. The van der Waals surface area contributed by atoms with Crippen molar-refractivity contribution >= 4 is 5.97 Å². The minimum absolute atomic E-state index is 0.0653. The molecule has 1 atom stereocenters. The summed E-state index contributed by atoms with van der Waals surface area (Å²) in [5, 5.41) is 8.91. The van der Waals surface area contributed by atoms with Crippen LogP contribution in [0.3, 0.4) is 0 Å². The lowest BCUT2D eigenvalue weighted by atomic mass is 9.94. The lowest BCUT2D eigenvalue weighted by Crippen LogP contribution is -2.08. The Morgan fingerprint density at radius 3 is 2.71 bits per heavy atom. The molecule has 2 aromatic heterocycles. The third kappa shape index (κ3) is 3.17. The Hall–Kier alpha value is -2.10. The van der Waals surface area contributed by atoms with Gasteiger partial charge in [0.15, 0.2) is 0 Å². The number of hydrogen-bond donors (Lipinski definition) is 1. The SMILES string of the molecule is O=C(O)CC(Cc1ccncc1)c1ccco1. The van der Waals surface area contributed by atoms with E-state index in [1.807, 2.05) is 18.2 Å². The van der Waals surface area contributed by atoms with Crippen LogP contribution in [0.4, 0.5) is 0 Å². The lowest BCUT2D eigenvalue weighted by Gasteiger charge is -2.11. The molecule has 0 saturated carbocycles. The second-order valence-electron chi connectivity index (χ2n) is 3.87. The molecule has 0 radical (unpaired) electrons. The van der Waals surface area contributed by atoms with E-state index in [1.165, 1.54) is 0 Å². The average molecular weight is 231 g/mol. The van der Waals surface area contributed by atoms with Crippen molar-refractivity contribution in [3.05, 3.63) is 54.2 Å². The van der Waals surface area contributed by atoms with Crippen molar-refractivity contribution in [2.24, 2.45) is 0 Å². The molecule has 0 saturated heterocycles. The molecule has 0 aliphatic carbocycles. The molecule has 0 amide bonds. The Balaban J connectivity index is 2.14. The number of aliphatic carboxylic acids is 1. The molecule has 0 spiro atoms. The Bertz CT molecular complexity index is 465. The smallest absolute Gasteiger partial charge is 0.304 e. The van der Waals surface area contributed by atoms with Crippen molar-refractivity contribution in [2.75, 3.05) is 0 Å². The molecule has 0 aliphatic rings. The third-order valence-electron chi connectivity index (χ3n) is 2.60. The Kier molecular flexibility index (Phi) is 3.55. The first-order valence-corrected chi connectivity index (χ1v) is 5.40. The molecule has 0 fully saturated rings. The zero-order chi connectivity index (χ0) is 12.1. The van der Waals surface area contributed by atoms with Crippen molar-refractivity contribution in [3.8, 4) is 0 Å². The van der Waals surface area contributed by atoms with Crippen LogP contribution in [0, 0.1) is 0 Å². The highest BCUT2D eigenvalue weighted by molar-refractivity contribution is 5.67. The van der Waals surface area contributed by atoms with E-state index in [0.29, 0.717) is 12.2 Å². The Morgan fingerprint density at radius 1 is 1.35 bits per heavy atom. The van der Waals surface area contributed by atoms with E-state index in [-0.39, 0.29) is 12.3 Å². The van der Waals surface area contributed by atoms with E-state index in [0.717, 1.165) is 5.56 Å². The lowest BCUT2D eigenvalue weighted by molar-refractivity contribution is -0.137. The molecule has 0 aromatic carbocycles. The molecule has 1 N–H and O–H groups in total. The molecule has 17 heavy (non-hydrogen) atoms. The Labute approximate surface area is 98.9 Å². The molecular weight excluding hydrogens is 218 g/mol. The summed E-state index contributed by atoms with van der Waals surface area (Å²) in [5.41, 5.74) is 1.06. The van der Waals surface area contributed by atoms with Gasteiger partial charge in [0.05, 0.1) is 12.7 Å². The third-order valence-corrected chi connectivity index (χ3v) is 2.60. The molecule has 2 heterocycles. The van der Waals surface area contributed by atoms with E-state index in [1.54, 1.807) is 24.7 Å². The fourth-order valence-corrected chi connectivity index (χ4v) is 1.81. The fourth-order valence-electron chi connectivity index (χ4n) is 1.81. The Morgan fingerprint density at radius 2 is 2.12 bits per heavy atom. The van der Waals surface area contributed by atoms with Crippen LogP contribution in [0.1, 0.15) is 23.7 Å². The van der Waals surface area contributed by atoms with Crippen molar-refractivity contribution in [1.29, 1.82) is 0 Å². The largest absolute Gasteiger partial charge is 0.481 e. The van der Waals surface area contributed by atoms with Gasteiger partial charge in [-0.05, 0) is 36.2 Å². The second kappa shape index (κ2) is 5.30. The van der Waals surface area contributed by atoms with Crippen LogP contribution in [0.15, 0.2) is 47.3 Å². The van der Waals surface area contributed by atoms with Crippen LogP contribution in [0.25, 0.3) is 0 Å². The molecule has 0 bridgehead atoms. The number of pyridine rings is 1. The average Bonchev–Trinajstić information content (AvgIpc) is 2.82. The maximum atomic E-state index is 10.8. The molecular formula is C13H13NO3. The molecule has 2 rings (SSSR count). The summed E-state index contributed by atoms with van der Waals surface area (Å²) in [4.78, 5) is 14.8. The molecule has 88 valence electrons. The first kappa shape index (κ1) is 11.4. The van der Waals surface area contributed by atoms with Crippen LogP contribution in [0.2, 0.25) is 0 Å². The van der Waals surface area contributed by atoms with Crippen LogP contribution in [-0.4, -0.2) is 16.1 Å². The number of carboxylic acid groups (broad SMARTS) is 1. The standard InChI is InChI=1S/C13H13NO3/c15-13(16)9-11(12-2-1-7-17-12)8-10-3-5-14-6-4-10/h1-7,11H,8-9H2,(H,15,16). The van der Waals surface area contributed by atoms with Gasteiger partial charge in [0.1, 0.15) is 5.76 Å². The van der Waals surface area contributed by atoms with Gasteiger partial charge in [-0.15, -0.1) is 0 Å². The van der Waals surface area contributed by atoms with E-state index < -0.39 is 5.97 Å². The van der Waals surface area contributed by atoms with Crippen LogP contribution < -0.4 is 0 Å². The number of rotatable bonds is 5. The number of furan rings is 1. The topological polar surface area (TPSA) is 63.3 Å². The van der Waals surface area contributed by atoms with E-state index in [2.05, 4.69) is 4.98 Å². The number of carboxylic acids is 1. The fraction of sp³-hybridized carbons (Fsp3) is 0.231. The number of nitrogens with zero attached hydrogens (tertiary/aromatic N) is 1. The van der Waals surface area contributed by atoms with Crippen LogP contribution in [0.5, 0.6) is 0 Å². The van der Waals surface area contributed by atoms with Crippen molar-refractivity contribution in [1.82, 2.24) is 4.98 Å². The summed E-state index contributed by atoms with van der Waals surface area (Å²) in [6.45, 7) is 0. The molecule has 0 aliphatic heterocycles. The van der Waals surface area contributed by atoms with Crippen LogP contribution >= 0.6 is 0 Å². The summed E-state index contributed by atoms with van der Waals surface area (Å²) >= 11 is 0. The summed E-state index contributed by atoms with van der Waals surface area (Å²) in [5.74, 6) is -0.241. The highest BCUT2D eigenvalue weighted by Gasteiger charge is 2.18. The summed E-state index contributed by atoms with van der Waals surface area (Å²) in [6.07, 6.45) is 5.68. The molecule has 1 unspecified atom stereocenters. The van der Waals surface area contributed by atoms with E-state index in [9.17, 15) is 4.79 Å². The monoisotopic (exact) mass is 231 g/mol. The van der Waals surface area contributed by atoms with E-state index >= 15 is 0 Å². The highest BCUT2D eigenvalue weighted by atomic mass is 16.4. The van der Waals surface area contributed by atoms with Gasteiger partial charge < -0.3 is 9.52 Å². The minimum Gasteiger partial charge on any atom is -0.481 e. The van der Waals surface area contributed by atoms with Gasteiger partial charge in [-0.3, -0.25) is 9.78 Å². The number of hydrogen-bond acceptors (Lipinski definition) is 3. The van der Waals surface area contributed by atoms with Gasteiger partial charge in [0.2, 0.25) is 0 Å². The van der Waals surface area contributed by atoms with Crippen LogP contribution in [-0.2, 0) is 11.2 Å². The number of carbonyl (C=O) groups is 1. The van der Waals surface area contributed by atoms with Gasteiger partial charge in [-0.1, -0.05) is 0 Å². The van der Waals surface area contributed by atoms with Gasteiger partial charge >= 0.3 is 5.97 Å². The maximum absolute atomic E-state index is 10.8. The maximum Gasteiger partial charge on any atom is 0.304 e. The molecule has 4 heteroatoms. The quantitative estimate of drug-likeness (QED) is 0.858. The summed E-state index contributed by atoms with van der Waals surface area (Å²) in [7, 11) is 0. The minimum atomic E-state index is -0.819. The molecule has 2 aromatic rings. The van der Waals surface area contributed by atoms with Gasteiger partial charge in [-0.2, -0.15) is 0 Å². The van der Waals surface area contributed by atoms with Crippen molar-refractivity contribution < 1.29 is 14.3 Å². The second-order valence-corrected chi connectivity index (χ2v) is 3.87. The van der Waals surface area contributed by atoms with Gasteiger partial charge in [0, 0.05) is 18.3 Å². The van der Waals surface area contributed by atoms with Gasteiger partial charge in [-0.25, -0.2) is 0 Å². The zero-order valence-corrected chi connectivity index (χ0v) is 9.24. The zero-order valence-electron chi connectivity index (χ0n) is 9.24.